The highest BCUT2D eigenvalue weighted by molar-refractivity contribution is 5.92. The minimum atomic E-state index is -0.247. The number of amides is 1. The SMILES string of the molecule is COc1ccccc1[C@@H](C)NC(=O)c1ccc(N)cn1. The van der Waals surface area contributed by atoms with Gasteiger partial charge in [0.05, 0.1) is 25.0 Å². The molecule has 20 heavy (non-hydrogen) atoms. The molecule has 0 radical (unpaired) electrons. The Bertz CT molecular complexity index is 596. The van der Waals surface area contributed by atoms with Gasteiger partial charge in [0.1, 0.15) is 11.4 Å². The van der Waals surface area contributed by atoms with E-state index in [4.69, 9.17) is 10.5 Å². The zero-order chi connectivity index (χ0) is 14.5. The highest BCUT2D eigenvalue weighted by Crippen LogP contribution is 2.24. The quantitative estimate of drug-likeness (QED) is 0.893. The summed E-state index contributed by atoms with van der Waals surface area (Å²) in [6, 6.07) is 10.6. The van der Waals surface area contributed by atoms with Gasteiger partial charge < -0.3 is 15.8 Å². The number of para-hydroxylation sites is 1. The normalized spacial score (nSPS) is 11.7. The minimum Gasteiger partial charge on any atom is -0.496 e. The van der Waals surface area contributed by atoms with E-state index in [1.54, 1.807) is 19.2 Å². The van der Waals surface area contributed by atoms with Crippen LogP contribution in [-0.4, -0.2) is 18.0 Å². The first kappa shape index (κ1) is 13.9. The molecule has 0 unspecified atom stereocenters. The predicted octanol–water partition coefficient (Wildman–Crippen LogP) is 2.16. The van der Waals surface area contributed by atoms with Crippen molar-refractivity contribution in [1.29, 1.82) is 0 Å². The number of nitrogen functional groups attached to an aromatic ring is 1. The summed E-state index contributed by atoms with van der Waals surface area (Å²) in [5.74, 6) is 0.494. The zero-order valence-corrected chi connectivity index (χ0v) is 11.5. The first-order valence-corrected chi connectivity index (χ1v) is 6.27. The number of aromatic nitrogens is 1. The van der Waals surface area contributed by atoms with E-state index in [0.717, 1.165) is 11.3 Å². The number of nitrogens with zero attached hydrogens (tertiary/aromatic N) is 1. The maximum atomic E-state index is 12.1. The van der Waals surface area contributed by atoms with E-state index < -0.39 is 0 Å². The van der Waals surface area contributed by atoms with Crippen LogP contribution in [-0.2, 0) is 0 Å². The summed E-state index contributed by atoms with van der Waals surface area (Å²) in [6.45, 7) is 1.90. The molecule has 5 nitrogen and oxygen atoms in total. The summed E-state index contributed by atoms with van der Waals surface area (Å²) in [5.41, 5.74) is 7.32. The third-order valence-corrected chi connectivity index (χ3v) is 2.97. The third-order valence-electron chi connectivity index (χ3n) is 2.97. The van der Waals surface area contributed by atoms with Crippen molar-refractivity contribution in [3.8, 4) is 5.75 Å². The van der Waals surface area contributed by atoms with E-state index >= 15 is 0 Å². The Morgan fingerprint density at radius 2 is 2.05 bits per heavy atom. The topological polar surface area (TPSA) is 77.2 Å². The smallest absolute Gasteiger partial charge is 0.270 e. The molecule has 0 saturated carbocycles. The molecule has 2 rings (SSSR count). The number of carbonyl (C=O) groups excluding carboxylic acids is 1. The van der Waals surface area contributed by atoms with Crippen LogP contribution in [0.2, 0.25) is 0 Å². The lowest BCUT2D eigenvalue weighted by Crippen LogP contribution is -2.27. The van der Waals surface area contributed by atoms with Crippen molar-refractivity contribution >= 4 is 11.6 Å². The van der Waals surface area contributed by atoms with E-state index in [2.05, 4.69) is 10.3 Å². The van der Waals surface area contributed by atoms with Crippen molar-refractivity contribution in [2.24, 2.45) is 0 Å². The Kier molecular flexibility index (Phi) is 4.20. The molecule has 0 saturated heterocycles. The molecule has 0 aliphatic heterocycles. The fourth-order valence-electron chi connectivity index (χ4n) is 1.91. The molecular weight excluding hydrogens is 254 g/mol. The molecule has 104 valence electrons. The summed E-state index contributed by atoms with van der Waals surface area (Å²) in [4.78, 5) is 16.1. The number of hydrogen-bond acceptors (Lipinski definition) is 4. The Morgan fingerprint density at radius 1 is 1.30 bits per heavy atom. The van der Waals surface area contributed by atoms with Gasteiger partial charge in [-0.05, 0) is 25.1 Å². The van der Waals surface area contributed by atoms with Crippen molar-refractivity contribution in [3.63, 3.8) is 0 Å². The number of hydrogen-bond donors (Lipinski definition) is 2. The van der Waals surface area contributed by atoms with Gasteiger partial charge in [-0.1, -0.05) is 18.2 Å². The average molecular weight is 271 g/mol. The molecule has 0 bridgehead atoms. The number of carbonyl (C=O) groups is 1. The number of anilines is 1. The molecule has 5 heteroatoms. The number of benzene rings is 1. The van der Waals surface area contributed by atoms with Crippen molar-refractivity contribution < 1.29 is 9.53 Å². The molecule has 3 N–H and O–H groups in total. The number of nitrogens with one attached hydrogen (secondary N) is 1. The van der Waals surface area contributed by atoms with Crippen molar-refractivity contribution in [2.75, 3.05) is 12.8 Å². The Hall–Kier alpha value is -2.56. The van der Waals surface area contributed by atoms with Crippen LogP contribution in [0.4, 0.5) is 5.69 Å². The monoisotopic (exact) mass is 271 g/mol. The van der Waals surface area contributed by atoms with Crippen LogP contribution in [0.3, 0.4) is 0 Å². The lowest BCUT2D eigenvalue weighted by molar-refractivity contribution is 0.0934. The van der Waals surface area contributed by atoms with Crippen molar-refractivity contribution in [1.82, 2.24) is 10.3 Å². The van der Waals surface area contributed by atoms with Crippen LogP contribution < -0.4 is 15.8 Å². The van der Waals surface area contributed by atoms with Crippen LogP contribution >= 0.6 is 0 Å². The second-order valence-electron chi connectivity index (χ2n) is 4.41. The average Bonchev–Trinajstić information content (AvgIpc) is 2.47. The van der Waals surface area contributed by atoms with Gasteiger partial charge in [0.15, 0.2) is 0 Å². The fourth-order valence-corrected chi connectivity index (χ4v) is 1.91. The molecule has 0 spiro atoms. The summed E-state index contributed by atoms with van der Waals surface area (Å²) < 4.78 is 5.29. The Balaban J connectivity index is 2.13. The molecule has 0 aliphatic carbocycles. The van der Waals surface area contributed by atoms with Crippen LogP contribution in [0.1, 0.15) is 29.0 Å². The van der Waals surface area contributed by atoms with Gasteiger partial charge in [-0.25, -0.2) is 4.98 Å². The number of rotatable bonds is 4. The van der Waals surface area contributed by atoms with Gasteiger partial charge in [0, 0.05) is 5.56 Å². The Morgan fingerprint density at radius 3 is 2.70 bits per heavy atom. The van der Waals surface area contributed by atoms with Gasteiger partial charge >= 0.3 is 0 Å². The lowest BCUT2D eigenvalue weighted by atomic mass is 10.1. The number of pyridine rings is 1. The Labute approximate surface area is 117 Å². The van der Waals surface area contributed by atoms with Crippen LogP contribution in [0.25, 0.3) is 0 Å². The highest BCUT2D eigenvalue weighted by atomic mass is 16.5. The van der Waals surface area contributed by atoms with E-state index in [1.165, 1.54) is 6.20 Å². The summed E-state index contributed by atoms with van der Waals surface area (Å²) in [5, 5.41) is 2.88. The molecule has 1 aromatic heterocycles. The van der Waals surface area contributed by atoms with Gasteiger partial charge in [-0.2, -0.15) is 0 Å². The number of nitrogens with two attached hydrogens (primary N) is 1. The summed E-state index contributed by atoms with van der Waals surface area (Å²) in [7, 11) is 1.61. The summed E-state index contributed by atoms with van der Waals surface area (Å²) >= 11 is 0. The molecule has 1 heterocycles. The second-order valence-corrected chi connectivity index (χ2v) is 4.41. The third kappa shape index (κ3) is 3.06. The van der Waals surface area contributed by atoms with E-state index in [0.29, 0.717) is 11.4 Å². The lowest BCUT2D eigenvalue weighted by Gasteiger charge is -2.17. The van der Waals surface area contributed by atoms with Crippen molar-refractivity contribution in [2.45, 2.75) is 13.0 Å². The van der Waals surface area contributed by atoms with Crippen LogP contribution in [0, 0.1) is 0 Å². The molecular formula is C15H17N3O2. The molecule has 0 aliphatic rings. The van der Waals surface area contributed by atoms with Gasteiger partial charge in [-0.3, -0.25) is 4.79 Å². The summed E-state index contributed by atoms with van der Waals surface area (Å²) in [6.07, 6.45) is 1.46. The first-order valence-electron chi connectivity index (χ1n) is 6.27. The van der Waals surface area contributed by atoms with E-state index in [9.17, 15) is 4.79 Å². The van der Waals surface area contributed by atoms with E-state index in [-0.39, 0.29) is 11.9 Å². The molecule has 2 aromatic rings. The first-order chi connectivity index (χ1) is 9.61. The minimum absolute atomic E-state index is 0.182. The van der Waals surface area contributed by atoms with Crippen LogP contribution in [0.15, 0.2) is 42.6 Å². The maximum absolute atomic E-state index is 12.1. The largest absolute Gasteiger partial charge is 0.496 e. The molecule has 1 amide bonds. The maximum Gasteiger partial charge on any atom is 0.270 e. The van der Waals surface area contributed by atoms with Gasteiger partial charge in [0.25, 0.3) is 5.91 Å². The predicted molar refractivity (Wildman–Crippen MR) is 77.5 cm³/mol. The number of ether oxygens (including phenoxy) is 1. The molecule has 0 fully saturated rings. The molecule has 1 atom stereocenters. The zero-order valence-electron chi connectivity index (χ0n) is 11.5. The second kappa shape index (κ2) is 6.06. The molecule has 1 aromatic carbocycles. The van der Waals surface area contributed by atoms with Crippen molar-refractivity contribution in [3.05, 3.63) is 53.9 Å². The van der Waals surface area contributed by atoms with Gasteiger partial charge in [-0.15, -0.1) is 0 Å². The van der Waals surface area contributed by atoms with Crippen LogP contribution in [0.5, 0.6) is 5.75 Å². The fraction of sp³-hybridized carbons (Fsp3) is 0.200. The highest BCUT2D eigenvalue weighted by Gasteiger charge is 2.15. The van der Waals surface area contributed by atoms with E-state index in [1.807, 2.05) is 31.2 Å². The van der Waals surface area contributed by atoms with Gasteiger partial charge in [0.2, 0.25) is 0 Å². The number of methoxy groups -OCH3 is 1. The standard InChI is InChI=1S/C15H17N3O2/c1-10(12-5-3-4-6-14(12)20-2)18-15(19)13-8-7-11(16)9-17-13/h3-10H,16H2,1-2H3,(H,18,19)/t10-/m1/s1.